The molecule has 3 heteroatoms. The van der Waals surface area contributed by atoms with E-state index in [0.717, 1.165) is 16.6 Å². The molecule has 0 radical (unpaired) electrons. The van der Waals surface area contributed by atoms with Gasteiger partial charge in [-0.3, -0.25) is 0 Å². The quantitative estimate of drug-likeness (QED) is 0.626. The van der Waals surface area contributed by atoms with Crippen molar-refractivity contribution in [3.63, 3.8) is 0 Å². The van der Waals surface area contributed by atoms with E-state index in [0.29, 0.717) is 5.84 Å². The van der Waals surface area contributed by atoms with E-state index in [2.05, 4.69) is 20.9 Å². The number of amidine groups is 1. The number of halogens is 1. The molecule has 0 unspecified atom stereocenters. The Morgan fingerprint density at radius 1 is 1.46 bits per heavy atom. The molecule has 2 N–H and O–H groups in total. The Bertz CT molecular complexity index is 311. The molecule has 1 rings (SSSR count). The monoisotopic (exact) mass is 240 g/mol. The van der Waals surface area contributed by atoms with E-state index in [4.69, 9.17) is 5.73 Å². The van der Waals surface area contributed by atoms with Crippen molar-refractivity contribution in [3.05, 3.63) is 28.2 Å². The summed E-state index contributed by atoms with van der Waals surface area (Å²) >= 11 is 3.41. The van der Waals surface area contributed by atoms with Crippen LogP contribution in [-0.4, -0.2) is 5.84 Å². The molecule has 70 valence electrons. The van der Waals surface area contributed by atoms with Gasteiger partial charge in [0.2, 0.25) is 0 Å². The Hall–Kier alpha value is -0.830. The van der Waals surface area contributed by atoms with Gasteiger partial charge in [-0.15, -0.1) is 0 Å². The Kier molecular flexibility index (Phi) is 3.48. The van der Waals surface area contributed by atoms with Crippen LogP contribution in [0.25, 0.3) is 0 Å². The van der Waals surface area contributed by atoms with Gasteiger partial charge in [0.15, 0.2) is 0 Å². The van der Waals surface area contributed by atoms with Crippen molar-refractivity contribution in [1.29, 1.82) is 0 Å². The number of nitrogens with two attached hydrogens (primary N) is 1. The molecule has 0 saturated heterocycles. The molecule has 0 atom stereocenters. The predicted molar refractivity (Wildman–Crippen MR) is 60.5 cm³/mol. The maximum atomic E-state index is 5.64. The largest absolute Gasteiger partial charge is 0.387 e. The molecule has 0 amide bonds. The van der Waals surface area contributed by atoms with Crippen molar-refractivity contribution in [2.75, 3.05) is 0 Å². The van der Waals surface area contributed by atoms with E-state index in [-0.39, 0.29) is 0 Å². The van der Waals surface area contributed by atoms with E-state index < -0.39 is 0 Å². The van der Waals surface area contributed by atoms with Crippen LogP contribution in [0.15, 0.2) is 27.7 Å². The van der Waals surface area contributed by atoms with E-state index in [1.165, 1.54) is 5.56 Å². The summed E-state index contributed by atoms with van der Waals surface area (Å²) in [5.74, 6) is 0.664. The molecule has 0 aliphatic rings. The Balaban J connectivity index is 3.02. The molecule has 0 saturated carbocycles. The van der Waals surface area contributed by atoms with Crippen LogP contribution >= 0.6 is 15.9 Å². The summed E-state index contributed by atoms with van der Waals surface area (Å²) in [6, 6.07) is 6.00. The minimum Gasteiger partial charge on any atom is -0.387 e. The van der Waals surface area contributed by atoms with Gasteiger partial charge in [-0.05, 0) is 30.7 Å². The van der Waals surface area contributed by atoms with E-state index >= 15 is 0 Å². The zero-order chi connectivity index (χ0) is 9.84. The van der Waals surface area contributed by atoms with Gasteiger partial charge in [0.25, 0.3) is 0 Å². The minimum absolute atomic E-state index is 0.664. The molecule has 1 aromatic carbocycles. The van der Waals surface area contributed by atoms with Gasteiger partial charge in [-0.25, -0.2) is 4.99 Å². The second kappa shape index (κ2) is 4.42. The Morgan fingerprint density at radius 3 is 2.69 bits per heavy atom. The normalized spacial score (nSPS) is 11.8. The molecule has 2 nitrogen and oxygen atoms in total. The predicted octanol–water partition coefficient (Wildman–Crippen LogP) is 3.16. The lowest BCUT2D eigenvalue weighted by Crippen LogP contribution is -2.08. The van der Waals surface area contributed by atoms with Gasteiger partial charge in [0, 0.05) is 10.9 Å². The van der Waals surface area contributed by atoms with Crippen LogP contribution in [0, 0.1) is 6.92 Å². The van der Waals surface area contributed by atoms with Gasteiger partial charge in [0.05, 0.1) is 11.5 Å². The van der Waals surface area contributed by atoms with E-state index in [1.807, 2.05) is 32.0 Å². The molecule has 1 aromatic rings. The lowest BCUT2D eigenvalue weighted by Gasteiger charge is -2.00. The minimum atomic E-state index is 0.664. The summed E-state index contributed by atoms with van der Waals surface area (Å²) in [4.78, 5) is 4.26. The first-order valence-corrected chi connectivity index (χ1v) is 5.01. The van der Waals surface area contributed by atoms with Crippen LogP contribution in [0.1, 0.15) is 18.9 Å². The number of aliphatic imine (C=N–C) groups is 1. The van der Waals surface area contributed by atoms with Crippen molar-refractivity contribution in [2.45, 2.75) is 20.3 Å². The lowest BCUT2D eigenvalue weighted by atomic mass is 10.2. The number of aryl methyl sites for hydroxylation is 1. The molecule has 13 heavy (non-hydrogen) atoms. The van der Waals surface area contributed by atoms with Crippen LogP contribution in [-0.2, 0) is 0 Å². The van der Waals surface area contributed by atoms with Gasteiger partial charge in [0.1, 0.15) is 0 Å². The SMILES string of the molecule is CCC(N)=Nc1cc(C)cc(Br)c1. The van der Waals surface area contributed by atoms with Crippen molar-refractivity contribution in [2.24, 2.45) is 10.7 Å². The number of benzene rings is 1. The second-order valence-corrected chi connectivity index (χ2v) is 3.86. The zero-order valence-corrected chi connectivity index (χ0v) is 9.43. The fraction of sp³-hybridized carbons (Fsp3) is 0.300. The third kappa shape index (κ3) is 3.19. The second-order valence-electron chi connectivity index (χ2n) is 2.94. The summed E-state index contributed by atoms with van der Waals surface area (Å²) in [6.45, 7) is 4.02. The zero-order valence-electron chi connectivity index (χ0n) is 7.84. The maximum absolute atomic E-state index is 5.64. The van der Waals surface area contributed by atoms with Gasteiger partial charge in [-0.2, -0.15) is 0 Å². The van der Waals surface area contributed by atoms with Crippen LogP contribution in [0.3, 0.4) is 0 Å². The summed E-state index contributed by atoms with van der Waals surface area (Å²) in [5.41, 5.74) is 7.73. The molecular formula is C10H13BrN2. The van der Waals surface area contributed by atoms with Crippen LogP contribution in [0.5, 0.6) is 0 Å². The van der Waals surface area contributed by atoms with Crippen molar-refractivity contribution < 1.29 is 0 Å². The molecule has 0 aromatic heterocycles. The number of hydrogen-bond donors (Lipinski definition) is 1. The van der Waals surface area contributed by atoms with E-state index in [1.54, 1.807) is 0 Å². The fourth-order valence-electron chi connectivity index (χ4n) is 1.03. The highest BCUT2D eigenvalue weighted by atomic mass is 79.9. The van der Waals surface area contributed by atoms with Crippen molar-refractivity contribution >= 4 is 27.5 Å². The molecule has 0 fully saturated rings. The summed E-state index contributed by atoms with van der Waals surface area (Å²) in [5, 5.41) is 0. The molecule has 0 heterocycles. The first-order valence-electron chi connectivity index (χ1n) is 4.22. The fourth-order valence-corrected chi connectivity index (χ4v) is 1.62. The summed E-state index contributed by atoms with van der Waals surface area (Å²) < 4.78 is 1.04. The Labute approximate surface area is 87.0 Å². The topological polar surface area (TPSA) is 38.4 Å². The van der Waals surface area contributed by atoms with Crippen LogP contribution < -0.4 is 5.73 Å². The molecule has 0 aliphatic carbocycles. The first-order chi connectivity index (χ1) is 6.11. The maximum Gasteiger partial charge on any atom is 0.0993 e. The van der Waals surface area contributed by atoms with Gasteiger partial charge >= 0.3 is 0 Å². The average molecular weight is 241 g/mol. The third-order valence-electron chi connectivity index (χ3n) is 1.66. The average Bonchev–Trinajstić information content (AvgIpc) is 2.02. The van der Waals surface area contributed by atoms with Crippen LogP contribution in [0.2, 0.25) is 0 Å². The first kappa shape index (κ1) is 10.3. The molecule has 0 bridgehead atoms. The molecule has 0 spiro atoms. The number of nitrogens with zero attached hydrogens (tertiary/aromatic N) is 1. The highest BCUT2D eigenvalue weighted by molar-refractivity contribution is 9.10. The number of hydrogen-bond acceptors (Lipinski definition) is 1. The van der Waals surface area contributed by atoms with E-state index in [9.17, 15) is 0 Å². The number of rotatable bonds is 2. The summed E-state index contributed by atoms with van der Waals surface area (Å²) in [6.07, 6.45) is 0.783. The standard InChI is InChI=1S/C10H13BrN2/c1-3-10(12)13-9-5-7(2)4-8(11)6-9/h4-6H,3H2,1-2H3,(H2,12,13). The third-order valence-corrected chi connectivity index (χ3v) is 2.12. The Morgan fingerprint density at radius 2 is 2.15 bits per heavy atom. The highest BCUT2D eigenvalue weighted by Gasteiger charge is 1.95. The summed E-state index contributed by atoms with van der Waals surface area (Å²) in [7, 11) is 0. The molecular weight excluding hydrogens is 228 g/mol. The highest BCUT2D eigenvalue weighted by Crippen LogP contribution is 2.21. The molecule has 0 aliphatic heterocycles. The van der Waals surface area contributed by atoms with Gasteiger partial charge in [-0.1, -0.05) is 22.9 Å². The van der Waals surface area contributed by atoms with Crippen molar-refractivity contribution in [1.82, 2.24) is 0 Å². The lowest BCUT2D eigenvalue weighted by molar-refractivity contribution is 1.23. The van der Waals surface area contributed by atoms with Crippen molar-refractivity contribution in [3.8, 4) is 0 Å². The van der Waals surface area contributed by atoms with Gasteiger partial charge < -0.3 is 5.73 Å². The van der Waals surface area contributed by atoms with Crippen LogP contribution in [0.4, 0.5) is 5.69 Å². The smallest absolute Gasteiger partial charge is 0.0993 e.